The van der Waals surface area contributed by atoms with E-state index in [1.165, 1.54) is 17.8 Å². The van der Waals surface area contributed by atoms with E-state index in [4.69, 9.17) is 0 Å². The Morgan fingerprint density at radius 2 is 2.10 bits per heavy atom. The predicted octanol–water partition coefficient (Wildman–Crippen LogP) is 4.19. The molecular weight excluding hydrogens is 334 g/mol. The van der Waals surface area contributed by atoms with Crippen LogP contribution in [0.15, 0.2) is 47.1 Å². The molecule has 0 spiro atoms. The molecule has 0 aliphatic heterocycles. The first-order valence-corrected chi connectivity index (χ1v) is 7.46. The Kier molecular flexibility index (Phi) is 5.27. The van der Waals surface area contributed by atoms with Crippen LogP contribution in [-0.2, 0) is 6.42 Å². The second-order valence-corrected chi connectivity index (χ2v) is 5.71. The Hall–Kier alpha value is -1.95. The third kappa shape index (κ3) is 4.53. The normalized spacial score (nSPS) is 11.9. The topological polar surface area (TPSA) is 68.1 Å². The maximum atomic E-state index is 10.7. The molecule has 0 amide bonds. The largest absolute Gasteiger partial charge is 0.367 e. The van der Waals surface area contributed by atoms with Crippen LogP contribution in [0, 0.1) is 10.1 Å². The number of anilines is 1. The number of pyridine rings is 1. The van der Waals surface area contributed by atoms with Crippen LogP contribution < -0.4 is 5.32 Å². The zero-order chi connectivity index (χ0) is 15.2. The zero-order valence-electron chi connectivity index (χ0n) is 11.6. The minimum absolute atomic E-state index is 0.0237. The van der Waals surface area contributed by atoms with Gasteiger partial charge in [-0.05, 0) is 41.3 Å². The summed E-state index contributed by atoms with van der Waals surface area (Å²) in [5, 5.41) is 13.9. The first-order chi connectivity index (χ1) is 10.1. The van der Waals surface area contributed by atoms with E-state index in [2.05, 4.69) is 45.3 Å². The summed E-state index contributed by atoms with van der Waals surface area (Å²) in [7, 11) is 0. The number of aromatic nitrogens is 1. The van der Waals surface area contributed by atoms with Crippen LogP contribution in [0.5, 0.6) is 0 Å². The van der Waals surface area contributed by atoms with Crippen molar-refractivity contribution in [3.05, 3.63) is 62.7 Å². The second kappa shape index (κ2) is 7.17. The van der Waals surface area contributed by atoms with Crippen molar-refractivity contribution in [1.29, 1.82) is 0 Å². The standard InChI is InChI=1S/C15H16BrN3O2/c1-11(7-8-12-5-3-2-4-6-12)18-15-14(16)9-13(10-17-15)19(20)21/h2-6,9-11H,7-8H2,1H3,(H,17,18). The molecule has 5 nitrogen and oxygen atoms in total. The number of nitrogens with zero attached hydrogens (tertiary/aromatic N) is 2. The van der Waals surface area contributed by atoms with Gasteiger partial charge >= 0.3 is 0 Å². The number of hydrogen-bond donors (Lipinski definition) is 1. The number of aryl methyl sites for hydroxylation is 1. The van der Waals surface area contributed by atoms with Crippen molar-refractivity contribution in [2.75, 3.05) is 5.32 Å². The van der Waals surface area contributed by atoms with Crippen molar-refractivity contribution in [1.82, 2.24) is 4.98 Å². The van der Waals surface area contributed by atoms with E-state index < -0.39 is 4.92 Å². The third-order valence-electron chi connectivity index (χ3n) is 3.13. The molecule has 0 saturated carbocycles. The summed E-state index contributed by atoms with van der Waals surface area (Å²) >= 11 is 3.31. The van der Waals surface area contributed by atoms with Gasteiger partial charge in [-0.25, -0.2) is 4.98 Å². The maximum Gasteiger partial charge on any atom is 0.288 e. The van der Waals surface area contributed by atoms with E-state index >= 15 is 0 Å². The molecule has 1 heterocycles. The molecule has 0 radical (unpaired) electrons. The third-order valence-corrected chi connectivity index (χ3v) is 3.73. The van der Waals surface area contributed by atoms with Gasteiger partial charge in [-0.3, -0.25) is 10.1 Å². The van der Waals surface area contributed by atoms with Gasteiger partial charge in [0.05, 0.1) is 9.40 Å². The fourth-order valence-electron chi connectivity index (χ4n) is 1.97. The Morgan fingerprint density at radius 3 is 2.71 bits per heavy atom. The van der Waals surface area contributed by atoms with Crippen LogP contribution in [-0.4, -0.2) is 15.9 Å². The minimum atomic E-state index is -0.458. The predicted molar refractivity (Wildman–Crippen MR) is 86.4 cm³/mol. The molecular formula is C15H16BrN3O2. The van der Waals surface area contributed by atoms with Crippen molar-refractivity contribution in [3.63, 3.8) is 0 Å². The van der Waals surface area contributed by atoms with Crippen LogP contribution in [0.3, 0.4) is 0 Å². The van der Waals surface area contributed by atoms with Gasteiger partial charge in [0.25, 0.3) is 5.69 Å². The second-order valence-electron chi connectivity index (χ2n) is 4.85. The molecule has 2 aromatic rings. The molecule has 0 bridgehead atoms. The summed E-state index contributed by atoms with van der Waals surface area (Å²) in [6.07, 6.45) is 3.19. The van der Waals surface area contributed by atoms with Crippen LogP contribution in [0.1, 0.15) is 18.9 Å². The molecule has 0 fully saturated rings. The fraction of sp³-hybridized carbons (Fsp3) is 0.267. The molecule has 1 N–H and O–H groups in total. The van der Waals surface area contributed by atoms with Gasteiger partial charge in [0.2, 0.25) is 0 Å². The number of nitro groups is 1. The Bertz CT molecular complexity index is 620. The van der Waals surface area contributed by atoms with Crippen molar-refractivity contribution in [3.8, 4) is 0 Å². The highest BCUT2D eigenvalue weighted by molar-refractivity contribution is 9.10. The quantitative estimate of drug-likeness (QED) is 0.627. The van der Waals surface area contributed by atoms with Gasteiger partial charge < -0.3 is 5.32 Å². The van der Waals surface area contributed by atoms with Crippen molar-refractivity contribution in [2.24, 2.45) is 0 Å². The van der Waals surface area contributed by atoms with Crippen LogP contribution in [0.4, 0.5) is 11.5 Å². The lowest BCUT2D eigenvalue weighted by Gasteiger charge is -2.15. The molecule has 1 aromatic heterocycles. The van der Waals surface area contributed by atoms with Crippen molar-refractivity contribution >= 4 is 27.4 Å². The molecule has 0 aliphatic carbocycles. The number of hydrogen-bond acceptors (Lipinski definition) is 4. The SMILES string of the molecule is CC(CCc1ccccc1)Nc1ncc([N+](=O)[O-])cc1Br. The average Bonchev–Trinajstić information content (AvgIpc) is 2.48. The first kappa shape index (κ1) is 15.4. The molecule has 0 saturated heterocycles. The minimum Gasteiger partial charge on any atom is -0.367 e. The highest BCUT2D eigenvalue weighted by atomic mass is 79.9. The van der Waals surface area contributed by atoms with Gasteiger partial charge in [0.15, 0.2) is 0 Å². The molecule has 110 valence electrons. The number of nitrogens with one attached hydrogen (secondary N) is 1. The number of rotatable bonds is 6. The summed E-state index contributed by atoms with van der Waals surface area (Å²) in [5.41, 5.74) is 1.27. The lowest BCUT2D eigenvalue weighted by molar-refractivity contribution is -0.385. The molecule has 6 heteroatoms. The first-order valence-electron chi connectivity index (χ1n) is 6.66. The van der Waals surface area contributed by atoms with E-state index in [0.717, 1.165) is 12.8 Å². The fourth-order valence-corrected chi connectivity index (χ4v) is 2.42. The molecule has 2 rings (SSSR count). The van der Waals surface area contributed by atoms with Gasteiger partial charge in [-0.2, -0.15) is 0 Å². The van der Waals surface area contributed by atoms with E-state index in [-0.39, 0.29) is 11.7 Å². The molecule has 1 unspecified atom stereocenters. The van der Waals surface area contributed by atoms with Gasteiger partial charge in [0.1, 0.15) is 12.0 Å². The van der Waals surface area contributed by atoms with Gasteiger partial charge in [0, 0.05) is 12.1 Å². The monoisotopic (exact) mass is 349 g/mol. The summed E-state index contributed by atoms with van der Waals surface area (Å²) in [4.78, 5) is 14.3. The maximum absolute atomic E-state index is 10.7. The zero-order valence-corrected chi connectivity index (χ0v) is 13.2. The molecule has 21 heavy (non-hydrogen) atoms. The summed E-state index contributed by atoms with van der Waals surface area (Å²) < 4.78 is 0.600. The summed E-state index contributed by atoms with van der Waals surface area (Å²) in [6.45, 7) is 2.07. The van der Waals surface area contributed by atoms with E-state index in [9.17, 15) is 10.1 Å². The summed E-state index contributed by atoms with van der Waals surface area (Å²) in [5.74, 6) is 0.626. The van der Waals surface area contributed by atoms with Crippen molar-refractivity contribution < 1.29 is 4.92 Å². The smallest absolute Gasteiger partial charge is 0.288 e. The van der Waals surface area contributed by atoms with Crippen LogP contribution in [0.2, 0.25) is 0 Å². The lowest BCUT2D eigenvalue weighted by Crippen LogP contribution is -2.17. The summed E-state index contributed by atoms with van der Waals surface area (Å²) in [6, 6.07) is 11.9. The van der Waals surface area contributed by atoms with Crippen LogP contribution >= 0.6 is 15.9 Å². The molecule has 1 atom stereocenters. The average molecular weight is 350 g/mol. The highest BCUT2D eigenvalue weighted by Gasteiger charge is 2.12. The van der Waals surface area contributed by atoms with Crippen molar-refractivity contribution in [2.45, 2.75) is 25.8 Å². The highest BCUT2D eigenvalue weighted by Crippen LogP contribution is 2.25. The Morgan fingerprint density at radius 1 is 1.38 bits per heavy atom. The van der Waals surface area contributed by atoms with Crippen LogP contribution in [0.25, 0.3) is 0 Å². The number of benzene rings is 1. The van der Waals surface area contributed by atoms with Gasteiger partial charge in [-0.15, -0.1) is 0 Å². The van der Waals surface area contributed by atoms with E-state index in [1.54, 1.807) is 0 Å². The molecule has 1 aromatic carbocycles. The molecule has 0 aliphatic rings. The van der Waals surface area contributed by atoms with Gasteiger partial charge in [-0.1, -0.05) is 30.3 Å². The van der Waals surface area contributed by atoms with E-state index in [1.807, 2.05) is 18.2 Å². The Balaban J connectivity index is 1.93. The Labute approximate surface area is 131 Å². The lowest BCUT2D eigenvalue weighted by atomic mass is 10.1. The number of halogens is 1. The van der Waals surface area contributed by atoms with E-state index in [0.29, 0.717) is 10.3 Å².